The van der Waals surface area contributed by atoms with Crippen LogP contribution in [0.1, 0.15) is 19.0 Å². The van der Waals surface area contributed by atoms with Crippen LogP contribution < -0.4 is 5.32 Å². The van der Waals surface area contributed by atoms with Gasteiger partial charge in [-0.3, -0.25) is 0 Å². The normalized spacial score (nSPS) is 11.5. The summed E-state index contributed by atoms with van der Waals surface area (Å²) in [6, 6.07) is 2.16. The molecule has 0 radical (unpaired) electrons. The Hall–Kier alpha value is -1.37. The molecule has 1 aromatic rings. The Kier molecular flexibility index (Phi) is 5.14. The summed E-state index contributed by atoms with van der Waals surface area (Å²) in [7, 11) is 0. The molecular weight excluding hydrogens is 235 g/mol. The van der Waals surface area contributed by atoms with Crippen LogP contribution in [0.15, 0.2) is 12.1 Å². The van der Waals surface area contributed by atoms with Crippen molar-refractivity contribution in [3.05, 3.63) is 17.8 Å². The maximum atomic E-state index is 12.2. The van der Waals surface area contributed by atoms with Crippen molar-refractivity contribution in [3.8, 4) is 0 Å². The lowest BCUT2D eigenvalue weighted by molar-refractivity contribution is -0.141. The lowest BCUT2D eigenvalue weighted by atomic mass is 10.3. The Balaban J connectivity index is 2.36. The average Bonchev–Trinajstić information content (AvgIpc) is 2.28. The first kappa shape index (κ1) is 13.7. The van der Waals surface area contributed by atoms with Gasteiger partial charge in [-0.2, -0.15) is 13.2 Å². The molecule has 4 nitrogen and oxygen atoms in total. The van der Waals surface area contributed by atoms with Gasteiger partial charge in [0.25, 0.3) is 0 Å². The quantitative estimate of drug-likeness (QED) is 0.786. The predicted octanol–water partition coefficient (Wildman–Crippen LogP) is 2.33. The molecule has 0 bridgehead atoms. The Morgan fingerprint density at radius 2 is 2.06 bits per heavy atom. The fraction of sp³-hybridized carbons (Fsp3) is 0.600. The molecule has 0 aliphatic heterocycles. The van der Waals surface area contributed by atoms with E-state index in [1.54, 1.807) is 0 Å². The highest BCUT2D eigenvalue weighted by atomic mass is 19.4. The number of hydrogen-bond acceptors (Lipinski definition) is 4. The van der Waals surface area contributed by atoms with Crippen molar-refractivity contribution in [2.45, 2.75) is 19.5 Å². The molecule has 0 fully saturated rings. The number of hydrogen-bond donors (Lipinski definition) is 1. The molecule has 1 N–H and O–H groups in total. The van der Waals surface area contributed by atoms with E-state index in [2.05, 4.69) is 15.5 Å². The third-order valence-corrected chi connectivity index (χ3v) is 1.93. The molecule has 0 saturated heterocycles. The number of alkyl halides is 3. The Bertz CT molecular complexity index is 327. The zero-order valence-electron chi connectivity index (χ0n) is 9.42. The van der Waals surface area contributed by atoms with Gasteiger partial charge in [-0.1, -0.05) is 0 Å². The van der Waals surface area contributed by atoms with Gasteiger partial charge in [-0.15, -0.1) is 10.2 Å². The van der Waals surface area contributed by atoms with Crippen molar-refractivity contribution in [3.63, 3.8) is 0 Å². The second-order valence-corrected chi connectivity index (χ2v) is 3.28. The van der Waals surface area contributed by atoms with Gasteiger partial charge in [0.2, 0.25) is 0 Å². The van der Waals surface area contributed by atoms with Gasteiger partial charge in [0.1, 0.15) is 5.82 Å². The van der Waals surface area contributed by atoms with Gasteiger partial charge in [0.15, 0.2) is 5.69 Å². The van der Waals surface area contributed by atoms with Crippen molar-refractivity contribution in [2.24, 2.45) is 0 Å². The molecule has 0 atom stereocenters. The summed E-state index contributed by atoms with van der Waals surface area (Å²) in [5, 5.41) is 9.40. The summed E-state index contributed by atoms with van der Waals surface area (Å²) >= 11 is 0. The van der Waals surface area contributed by atoms with Crippen molar-refractivity contribution in [2.75, 3.05) is 25.1 Å². The topological polar surface area (TPSA) is 47.0 Å². The number of rotatable bonds is 6. The molecular formula is C10H14F3N3O. The Labute approximate surface area is 97.2 Å². The summed E-state index contributed by atoms with van der Waals surface area (Å²) in [6.45, 7) is 3.74. The molecule has 1 rings (SSSR count). The second-order valence-electron chi connectivity index (χ2n) is 3.28. The van der Waals surface area contributed by atoms with Crippen molar-refractivity contribution in [1.82, 2.24) is 10.2 Å². The molecule has 0 unspecified atom stereocenters. The third-order valence-electron chi connectivity index (χ3n) is 1.93. The van der Waals surface area contributed by atoms with Gasteiger partial charge in [0.05, 0.1) is 0 Å². The van der Waals surface area contributed by atoms with E-state index < -0.39 is 11.9 Å². The van der Waals surface area contributed by atoms with Gasteiger partial charge < -0.3 is 10.1 Å². The van der Waals surface area contributed by atoms with Crippen LogP contribution in [0.25, 0.3) is 0 Å². The zero-order chi connectivity index (χ0) is 12.7. The van der Waals surface area contributed by atoms with E-state index in [1.165, 1.54) is 6.07 Å². The number of nitrogens with one attached hydrogen (secondary N) is 1. The maximum absolute atomic E-state index is 12.2. The van der Waals surface area contributed by atoms with E-state index in [4.69, 9.17) is 4.74 Å². The molecule has 1 aromatic heterocycles. The zero-order valence-corrected chi connectivity index (χ0v) is 9.42. The largest absolute Gasteiger partial charge is 0.435 e. The highest BCUT2D eigenvalue weighted by molar-refractivity contribution is 5.33. The molecule has 17 heavy (non-hydrogen) atoms. The first-order chi connectivity index (χ1) is 8.04. The molecule has 0 spiro atoms. The average molecular weight is 249 g/mol. The minimum absolute atomic E-state index is 0.328. The molecule has 0 saturated carbocycles. The third kappa shape index (κ3) is 4.99. The molecule has 0 aliphatic carbocycles. The Morgan fingerprint density at radius 3 is 2.59 bits per heavy atom. The SMILES string of the molecule is CCOCCCNc1ccc(C(F)(F)F)nn1. The van der Waals surface area contributed by atoms with Crippen LogP contribution in [0.3, 0.4) is 0 Å². The van der Waals surface area contributed by atoms with E-state index in [-0.39, 0.29) is 0 Å². The predicted molar refractivity (Wildman–Crippen MR) is 56.6 cm³/mol. The number of anilines is 1. The van der Waals surface area contributed by atoms with E-state index in [1.807, 2.05) is 6.92 Å². The first-order valence-corrected chi connectivity index (χ1v) is 5.26. The fourth-order valence-electron chi connectivity index (χ4n) is 1.11. The van der Waals surface area contributed by atoms with Gasteiger partial charge >= 0.3 is 6.18 Å². The van der Waals surface area contributed by atoms with Crippen LogP contribution in [0, 0.1) is 0 Å². The van der Waals surface area contributed by atoms with E-state index >= 15 is 0 Å². The summed E-state index contributed by atoms with van der Waals surface area (Å²) in [5.41, 5.74) is -0.989. The van der Waals surface area contributed by atoms with Crippen molar-refractivity contribution in [1.29, 1.82) is 0 Å². The lowest BCUT2D eigenvalue weighted by Gasteiger charge is -2.07. The molecule has 0 aromatic carbocycles. The minimum Gasteiger partial charge on any atom is -0.382 e. The van der Waals surface area contributed by atoms with E-state index in [9.17, 15) is 13.2 Å². The number of aromatic nitrogens is 2. The van der Waals surface area contributed by atoms with Crippen LogP contribution in [0.4, 0.5) is 19.0 Å². The molecule has 96 valence electrons. The van der Waals surface area contributed by atoms with Gasteiger partial charge in [-0.25, -0.2) is 0 Å². The van der Waals surface area contributed by atoms with Crippen LogP contribution in [-0.4, -0.2) is 30.0 Å². The van der Waals surface area contributed by atoms with Gasteiger partial charge in [0, 0.05) is 19.8 Å². The van der Waals surface area contributed by atoms with Crippen molar-refractivity contribution < 1.29 is 17.9 Å². The number of ether oxygens (including phenoxy) is 1. The summed E-state index contributed by atoms with van der Waals surface area (Å²) in [4.78, 5) is 0. The number of nitrogens with zero attached hydrogens (tertiary/aromatic N) is 2. The summed E-state index contributed by atoms with van der Waals surface area (Å²) in [5.74, 6) is 0.328. The molecule has 1 heterocycles. The first-order valence-electron chi connectivity index (χ1n) is 5.26. The van der Waals surface area contributed by atoms with E-state index in [0.717, 1.165) is 12.5 Å². The van der Waals surface area contributed by atoms with Gasteiger partial charge in [-0.05, 0) is 25.5 Å². The van der Waals surface area contributed by atoms with Crippen LogP contribution in [0.2, 0.25) is 0 Å². The van der Waals surface area contributed by atoms with E-state index in [0.29, 0.717) is 25.6 Å². The molecule has 0 amide bonds. The van der Waals surface area contributed by atoms with Crippen LogP contribution in [-0.2, 0) is 10.9 Å². The summed E-state index contributed by atoms with van der Waals surface area (Å²) in [6.07, 6.45) is -3.68. The van der Waals surface area contributed by atoms with Crippen molar-refractivity contribution >= 4 is 5.82 Å². The smallest absolute Gasteiger partial charge is 0.382 e. The van der Waals surface area contributed by atoms with Crippen LogP contribution >= 0.6 is 0 Å². The van der Waals surface area contributed by atoms with Crippen LogP contribution in [0.5, 0.6) is 0 Å². The maximum Gasteiger partial charge on any atom is 0.435 e. The fourth-order valence-corrected chi connectivity index (χ4v) is 1.11. The second kappa shape index (κ2) is 6.39. The highest BCUT2D eigenvalue weighted by Gasteiger charge is 2.32. The molecule has 7 heteroatoms. The standard InChI is InChI=1S/C10H14F3N3O/c1-2-17-7-3-6-14-9-5-4-8(15-16-9)10(11,12)13/h4-5H,2-3,6-7H2,1H3,(H,14,16). The highest BCUT2D eigenvalue weighted by Crippen LogP contribution is 2.26. The Morgan fingerprint density at radius 1 is 1.29 bits per heavy atom. The molecule has 0 aliphatic rings. The monoisotopic (exact) mass is 249 g/mol. The summed E-state index contributed by atoms with van der Waals surface area (Å²) < 4.78 is 41.6. The lowest BCUT2D eigenvalue weighted by Crippen LogP contribution is -2.11. The minimum atomic E-state index is -4.44. The number of halogens is 3.